The van der Waals surface area contributed by atoms with Gasteiger partial charge in [-0.15, -0.1) is 0 Å². The highest BCUT2D eigenvalue weighted by Crippen LogP contribution is 2.39. The lowest BCUT2D eigenvalue weighted by Crippen LogP contribution is -2.10. The third kappa shape index (κ3) is 2.98. The number of aromatic amines is 1. The molecule has 23 heavy (non-hydrogen) atoms. The van der Waals surface area contributed by atoms with Crippen molar-refractivity contribution < 1.29 is 17.5 Å². The molecular formula is C15H14FN3O3S. The van der Waals surface area contributed by atoms with Crippen molar-refractivity contribution in [2.24, 2.45) is 0 Å². The summed E-state index contributed by atoms with van der Waals surface area (Å²) in [6, 6.07) is 9.25. The van der Waals surface area contributed by atoms with Crippen LogP contribution >= 0.6 is 0 Å². The largest absolute Gasteiger partial charge is 0.494 e. The zero-order valence-electron chi connectivity index (χ0n) is 12.4. The molecule has 3 rings (SSSR count). The molecule has 0 radical (unpaired) electrons. The highest BCUT2D eigenvalue weighted by atomic mass is 32.2. The van der Waals surface area contributed by atoms with E-state index in [-0.39, 0.29) is 5.82 Å². The Kier molecular flexibility index (Phi) is 3.69. The molecule has 6 nitrogen and oxygen atoms in total. The summed E-state index contributed by atoms with van der Waals surface area (Å²) in [4.78, 5) is 0. The van der Waals surface area contributed by atoms with Gasteiger partial charge in [-0.25, -0.2) is 12.8 Å². The van der Waals surface area contributed by atoms with Gasteiger partial charge in [0, 0.05) is 5.56 Å². The van der Waals surface area contributed by atoms with Gasteiger partial charge in [0.2, 0.25) is 10.0 Å². The summed E-state index contributed by atoms with van der Waals surface area (Å²) >= 11 is 0. The van der Waals surface area contributed by atoms with Crippen molar-refractivity contribution in [2.45, 2.75) is 0 Å². The molecule has 2 aromatic carbocycles. The zero-order chi connectivity index (χ0) is 16.6. The van der Waals surface area contributed by atoms with E-state index in [0.717, 1.165) is 6.26 Å². The number of H-pyrrole nitrogens is 1. The van der Waals surface area contributed by atoms with Gasteiger partial charge in [0.1, 0.15) is 11.5 Å². The molecule has 1 heterocycles. The topological polar surface area (TPSA) is 84.1 Å². The smallest absolute Gasteiger partial charge is 0.229 e. The van der Waals surface area contributed by atoms with Crippen LogP contribution in [0.25, 0.3) is 22.2 Å². The Morgan fingerprint density at radius 1 is 1.26 bits per heavy atom. The molecule has 3 aromatic rings. The lowest BCUT2D eigenvalue weighted by atomic mass is 10.1. The Morgan fingerprint density at radius 3 is 2.70 bits per heavy atom. The quantitative estimate of drug-likeness (QED) is 0.768. The fraction of sp³-hybridized carbons (Fsp3) is 0.133. The van der Waals surface area contributed by atoms with Gasteiger partial charge in [0.15, 0.2) is 5.75 Å². The number of hydrogen-bond acceptors (Lipinski definition) is 4. The summed E-state index contributed by atoms with van der Waals surface area (Å²) in [6.45, 7) is 0. The highest BCUT2D eigenvalue weighted by Gasteiger charge is 2.18. The number of anilines is 1. The fourth-order valence-electron chi connectivity index (χ4n) is 2.42. The lowest BCUT2D eigenvalue weighted by Gasteiger charge is -2.11. The Balaban J connectivity index is 2.27. The number of ether oxygens (including phenoxy) is 1. The average molecular weight is 335 g/mol. The number of nitrogens with zero attached hydrogens (tertiary/aromatic N) is 1. The van der Waals surface area contributed by atoms with E-state index in [1.807, 2.05) is 0 Å². The summed E-state index contributed by atoms with van der Waals surface area (Å²) in [6.07, 6.45) is 1.06. The van der Waals surface area contributed by atoms with Crippen LogP contribution in [-0.4, -0.2) is 32.0 Å². The predicted octanol–water partition coefficient (Wildman–Crippen LogP) is 2.75. The van der Waals surface area contributed by atoms with Gasteiger partial charge < -0.3 is 4.74 Å². The molecule has 0 saturated heterocycles. The van der Waals surface area contributed by atoms with Crippen molar-refractivity contribution in [3.63, 3.8) is 0 Å². The van der Waals surface area contributed by atoms with Crippen LogP contribution in [0, 0.1) is 5.82 Å². The Hall–Kier alpha value is -2.61. The monoisotopic (exact) mass is 335 g/mol. The zero-order valence-corrected chi connectivity index (χ0v) is 13.2. The maximum absolute atomic E-state index is 13.5. The maximum Gasteiger partial charge on any atom is 0.229 e. The molecule has 8 heteroatoms. The molecule has 2 N–H and O–H groups in total. The summed E-state index contributed by atoms with van der Waals surface area (Å²) < 4.78 is 44.3. The normalized spacial score (nSPS) is 11.6. The number of rotatable bonds is 4. The van der Waals surface area contributed by atoms with E-state index >= 15 is 0 Å². The number of benzene rings is 2. The molecule has 0 saturated carbocycles. The van der Waals surface area contributed by atoms with Crippen LogP contribution in [0.4, 0.5) is 10.1 Å². The third-order valence-corrected chi connectivity index (χ3v) is 3.87. The van der Waals surface area contributed by atoms with E-state index in [1.54, 1.807) is 24.3 Å². The van der Waals surface area contributed by atoms with Gasteiger partial charge in [-0.05, 0) is 24.3 Å². The standard InChI is InChI=1S/C15H14FN3O3S/c1-22-15-12(19-23(2,20)21)7-6-11-13(15)14(18-17-11)9-4-3-5-10(16)8-9/h3-8,19H,1-2H3,(H,17,18). The predicted molar refractivity (Wildman–Crippen MR) is 86.5 cm³/mol. The van der Waals surface area contributed by atoms with Gasteiger partial charge in [-0.2, -0.15) is 5.10 Å². The summed E-state index contributed by atoms with van der Waals surface area (Å²) in [5.74, 6) is -0.0658. The lowest BCUT2D eigenvalue weighted by molar-refractivity contribution is 0.422. The second kappa shape index (κ2) is 5.54. The van der Waals surface area contributed by atoms with E-state index in [9.17, 15) is 12.8 Å². The molecule has 0 atom stereocenters. The van der Waals surface area contributed by atoms with Gasteiger partial charge in [-0.1, -0.05) is 12.1 Å². The van der Waals surface area contributed by atoms with Crippen LogP contribution in [-0.2, 0) is 10.0 Å². The maximum atomic E-state index is 13.5. The van der Waals surface area contributed by atoms with Crippen LogP contribution < -0.4 is 9.46 Å². The van der Waals surface area contributed by atoms with Gasteiger partial charge in [0.05, 0.1) is 30.0 Å². The molecule has 0 fully saturated rings. The van der Waals surface area contributed by atoms with E-state index in [0.29, 0.717) is 33.6 Å². The Labute approximate surface area is 132 Å². The molecule has 0 aliphatic rings. The first kappa shape index (κ1) is 15.3. The average Bonchev–Trinajstić information content (AvgIpc) is 2.89. The number of methoxy groups -OCH3 is 1. The van der Waals surface area contributed by atoms with E-state index in [1.165, 1.54) is 19.2 Å². The minimum Gasteiger partial charge on any atom is -0.494 e. The second-order valence-electron chi connectivity index (χ2n) is 5.03. The third-order valence-electron chi connectivity index (χ3n) is 3.28. The van der Waals surface area contributed by atoms with Gasteiger partial charge >= 0.3 is 0 Å². The van der Waals surface area contributed by atoms with Gasteiger partial charge in [0.25, 0.3) is 0 Å². The van der Waals surface area contributed by atoms with Crippen LogP contribution in [0.15, 0.2) is 36.4 Å². The van der Waals surface area contributed by atoms with E-state index in [4.69, 9.17) is 4.74 Å². The summed E-state index contributed by atoms with van der Waals surface area (Å²) in [5, 5.41) is 7.62. The summed E-state index contributed by atoms with van der Waals surface area (Å²) in [5.41, 5.74) is 1.99. The molecule has 120 valence electrons. The minimum atomic E-state index is -3.47. The van der Waals surface area contributed by atoms with Crippen LogP contribution in [0.3, 0.4) is 0 Å². The molecule has 1 aromatic heterocycles. The molecule has 0 amide bonds. The van der Waals surface area contributed by atoms with E-state index in [2.05, 4.69) is 14.9 Å². The van der Waals surface area contributed by atoms with Crippen molar-refractivity contribution in [1.29, 1.82) is 0 Å². The van der Waals surface area contributed by atoms with Crippen molar-refractivity contribution in [1.82, 2.24) is 10.2 Å². The molecule has 0 aliphatic carbocycles. The van der Waals surface area contributed by atoms with Crippen LogP contribution in [0.2, 0.25) is 0 Å². The number of nitrogens with one attached hydrogen (secondary N) is 2. The number of fused-ring (bicyclic) bond motifs is 1. The number of hydrogen-bond donors (Lipinski definition) is 2. The molecule has 0 aliphatic heterocycles. The first-order valence-electron chi connectivity index (χ1n) is 6.68. The highest BCUT2D eigenvalue weighted by molar-refractivity contribution is 7.92. The van der Waals surface area contributed by atoms with Crippen LogP contribution in [0.1, 0.15) is 0 Å². The molecule has 0 spiro atoms. The molecule has 0 bridgehead atoms. The SMILES string of the molecule is COc1c(NS(C)(=O)=O)ccc2[nH]nc(-c3cccc(F)c3)c12. The van der Waals surface area contributed by atoms with Crippen molar-refractivity contribution in [3.8, 4) is 17.0 Å². The molecular weight excluding hydrogens is 321 g/mol. The fourth-order valence-corrected chi connectivity index (χ4v) is 2.98. The molecule has 0 unspecified atom stereocenters. The first-order chi connectivity index (χ1) is 10.9. The minimum absolute atomic E-state index is 0.293. The Bertz CT molecular complexity index is 983. The van der Waals surface area contributed by atoms with Crippen molar-refractivity contribution >= 4 is 26.6 Å². The second-order valence-corrected chi connectivity index (χ2v) is 6.77. The summed E-state index contributed by atoms with van der Waals surface area (Å²) in [7, 11) is -2.03. The van der Waals surface area contributed by atoms with E-state index < -0.39 is 10.0 Å². The Morgan fingerprint density at radius 2 is 2.04 bits per heavy atom. The number of aromatic nitrogens is 2. The van der Waals surface area contributed by atoms with Crippen LogP contribution in [0.5, 0.6) is 5.75 Å². The van der Waals surface area contributed by atoms with Crippen molar-refractivity contribution in [2.75, 3.05) is 18.1 Å². The number of sulfonamides is 1. The van der Waals surface area contributed by atoms with Gasteiger partial charge in [-0.3, -0.25) is 9.82 Å². The first-order valence-corrected chi connectivity index (χ1v) is 8.57. The number of halogens is 1. The van der Waals surface area contributed by atoms with Crippen molar-refractivity contribution in [3.05, 3.63) is 42.2 Å².